The first-order valence-corrected chi connectivity index (χ1v) is 21.4. The molecule has 2 atom stereocenters. The Balaban J connectivity index is 1.49. The Morgan fingerprint density at radius 3 is 2.54 bits per heavy atom. The first kappa shape index (κ1) is 32.5. The summed E-state index contributed by atoms with van der Waals surface area (Å²) in [6.45, 7) is 27.0. The summed E-state index contributed by atoms with van der Waals surface area (Å²) in [5, 5.41) is 3.73. The van der Waals surface area contributed by atoms with E-state index in [-0.39, 0.29) is 6.04 Å². The smallest absolute Gasteiger partial charge is 0.227 e. The summed E-state index contributed by atoms with van der Waals surface area (Å²) in [5.74, 6) is 1.37. The van der Waals surface area contributed by atoms with Crippen LogP contribution in [0.5, 0.6) is 0 Å². The Labute approximate surface area is 287 Å². The van der Waals surface area contributed by atoms with Crippen molar-refractivity contribution in [2.75, 3.05) is 6.54 Å². The molecule has 3 aromatic heterocycles. The fourth-order valence-corrected chi connectivity index (χ4v) is 10.0. The first-order valence-electron chi connectivity index (χ1n) is 17.9. The van der Waals surface area contributed by atoms with E-state index in [0.717, 1.165) is 65.6 Å². The van der Waals surface area contributed by atoms with Crippen LogP contribution in [0.1, 0.15) is 87.1 Å². The van der Waals surface area contributed by atoms with Gasteiger partial charge in [0.25, 0.3) is 0 Å². The summed E-state index contributed by atoms with van der Waals surface area (Å²) in [5.41, 5.74) is 11.9. The molecule has 0 N–H and O–H groups in total. The molecule has 246 valence electrons. The van der Waals surface area contributed by atoms with E-state index in [0.29, 0.717) is 23.5 Å². The summed E-state index contributed by atoms with van der Waals surface area (Å²) in [7, 11) is -1.64. The fourth-order valence-electron chi connectivity index (χ4n) is 8.27. The maximum absolute atomic E-state index is 6.61. The van der Waals surface area contributed by atoms with E-state index < -0.39 is 8.07 Å². The monoisotopic (exact) mass is 653 g/mol. The highest BCUT2D eigenvalue weighted by molar-refractivity contribution is 6.89. The average molecular weight is 654 g/mol. The van der Waals surface area contributed by atoms with E-state index in [1.807, 2.05) is 18.3 Å². The normalized spacial score (nSPS) is 19.7. The Morgan fingerprint density at radius 1 is 1.02 bits per heavy atom. The van der Waals surface area contributed by atoms with Crippen molar-refractivity contribution in [3.63, 3.8) is 0 Å². The standard InChI is InChI=1S/C43H51N3OSi/c1-10-37-41-30(18-20-34-35-16-13-22-44-43(35)47-42(34)41)17-19-33-31-14-11-12-15-32(31)39-25-36(28(4)5)40(48(7,8)9)26-46(39)38(33)24-29(6)45(37)23-21-27(2)3/h10-16,18,20,22,25-28,33,38H,1,6,17,19,21,23-24H2,2-5,7-9H3/q+2/b45-37-. The van der Waals surface area contributed by atoms with Gasteiger partial charge in [-0.05, 0) is 66.1 Å². The predicted molar refractivity (Wildman–Crippen MR) is 203 cm³/mol. The average Bonchev–Trinajstić information content (AvgIpc) is 3.44. The second kappa shape index (κ2) is 12.4. The number of aryl methyl sites for hydroxylation is 1. The van der Waals surface area contributed by atoms with Gasteiger partial charge in [0.05, 0.1) is 20.1 Å². The molecule has 0 saturated carbocycles. The van der Waals surface area contributed by atoms with Gasteiger partial charge in [-0.25, -0.2) is 4.98 Å². The molecule has 7 rings (SSSR count). The van der Waals surface area contributed by atoms with Crippen LogP contribution in [0, 0.1) is 5.92 Å². The van der Waals surface area contributed by atoms with E-state index in [1.54, 1.807) is 5.19 Å². The Bertz CT molecular complexity index is 2110. The van der Waals surface area contributed by atoms with Crippen molar-refractivity contribution < 1.29 is 13.6 Å². The molecule has 2 aromatic carbocycles. The zero-order chi connectivity index (χ0) is 33.9. The number of furan rings is 1. The number of allylic oxidation sites excluding steroid dienone is 2. The number of hydrogen-bond donors (Lipinski definition) is 0. The highest BCUT2D eigenvalue weighted by Crippen LogP contribution is 2.45. The molecule has 2 unspecified atom stereocenters. The van der Waals surface area contributed by atoms with Crippen molar-refractivity contribution >= 4 is 41.0 Å². The van der Waals surface area contributed by atoms with E-state index in [4.69, 9.17) is 11.0 Å². The van der Waals surface area contributed by atoms with Crippen molar-refractivity contribution in [1.29, 1.82) is 0 Å². The van der Waals surface area contributed by atoms with Crippen molar-refractivity contribution in [2.45, 2.75) is 90.9 Å². The van der Waals surface area contributed by atoms with Gasteiger partial charge in [0.2, 0.25) is 17.1 Å². The van der Waals surface area contributed by atoms with Gasteiger partial charge in [0.1, 0.15) is 6.54 Å². The van der Waals surface area contributed by atoms with Crippen LogP contribution in [-0.4, -0.2) is 29.9 Å². The van der Waals surface area contributed by atoms with Gasteiger partial charge in [-0.1, -0.05) is 84.2 Å². The van der Waals surface area contributed by atoms with Gasteiger partial charge in [0.15, 0.2) is 23.5 Å². The largest absolute Gasteiger partial charge is 0.437 e. The molecule has 48 heavy (non-hydrogen) atoms. The van der Waals surface area contributed by atoms with Gasteiger partial charge in [-0.15, -0.1) is 0 Å². The van der Waals surface area contributed by atoms with Crippen LogP contribution in [0.4, 0.5) is 0 Å². The van der Waals surface area contributed by atoms with Crippen LogP contribution in [0.3, 0.4) is 0 Å². The fraction of sp³-hybridized carbons (Fsp3) is 0.372. The molecule has 0 bridgehead atoms. The van der Waals surface area contributed by atoms with Crippen LogP contribution < -0.4 is 9.75 Å². The third-order valence-electron chi connectivity index (χ3n) is 10.8. The summed E-state index contributed by atoms with van der Waals surface area (Å²) >= 11 is 0. The summed E-state index contributed by atoms with van der Waals surface area (Å²) < 4.78 is 11.7. The van der Waals surface area contributed by atoms with Crippen molar-refractivity contribution in [3.05, 3.63) is 114 Å². The van der Waals surface area contributed by atoms with E-state index in [2.05, 4.69) is 123 Å². The SMILES string of the molecule is C=C/C1=[N+](\CCC(C)C)C(=C)CC2C(CCc3ccc4c(oc5ncccc54)c31)c1ccccc1-c1cc(C(C)C)c([Si](C)(C)C)c[n+]12. The molecule has 5 aromatic rings. The third-order valence-corrected chi connectivity index (χ3v) is 12.8. The molecule has 2 aliphatic rings. The van der Waals surface area contributed by atoms with Gasteiger partial charge in [0, 0.05) is 52.2 Å². The molecule has 0 radical (unpaired) electrons. The number of pyridine rings is 2. The number of rotatable bonds is 6. The number of hydrogen-bond acceptors (Lipinski definition) is 2. The van der Waals surface area contributed by atoms with E-state index >= 15 is 0 Å². The second-order valence-corrected chi connectivity index (χ2v) is 20.8. The second-order valence-electron chi connectivity index (χ2n) is 15.8. The molecular weight excluding hydrogens is 603 g/mol. The third kappa shape index (κ3) is 5.50. The molecular formula is C43H51N3OSi+2. The molecule has 0 spiro atoms. The molecule has 0 amide bonds. The summed E-state index contributed by atoms with van der Waals surface area (Å²) in [4.78, 5) is 4.60. The zero-order valence-electron chi connectivity index (χ0n) is 29.9. The van der Waals surface area contributed by atoms with Crippen molar-refractivity contribution in [2.24, 2.45) is 5.92 Å². The van der Waals surface area contributed by atoms with E-state index in [1.165, 1.54) is 27.9 Å². The van der Waals surface area contributed by atoms with Gasteiger partial charge in [-0.3, -0.25) is 0 Å². The molecule has 2 aliphatic heterocycles. The van der Waals surface area contributed by atoms with Crippen LogP contribution in [-0.2, 0) is 6.42 Å². The number of nitrogens with zero attached hydrogens (tertiary/aromatic N) is 3. The minimum atomic E-state index is -1.64. The van der Waals surface area contributed by atoms with E-state index in [9.17, 15) is 0 Å². The number of aromatic nitrogens is 2. The molecule has 0 saturated heterocycles. The highest BCUT2D eigenvalue weighted by atomic mass is 28.3. The van der Waals surface area contributed by atoms with Gasteiger partial charge in [-0.2, -0.15) is 9.14 Å². The lowest BCUT2D eigenvalue weighted by atomic mass is 9.77. The number of benzene rings is 2. The maximum atomic E-state index is 6.61. The Kier molecular flexibility index (Phi) is 8.39. The van der Waals surface area contributed by atoms with Gasteiger partial charge < -0.3 is 4.42 Å². The summed E-state index contributed by atoms with van der Waals surface area (Å²) in [6, 6.07) is 20.7. The zero-order valence-corrected chi connectivity index (χ0v) is 30.9. The lowest BCUT2D eigenvalue weighted by molar-refractivity contribution is -0.719. The lowest BCUT2D eigenvalue weighted by Gasteiger charge is -2.33. The number of fused-ring (bicyclic) bond motifs is 11. The minimum Gasteiger partial charge on any atom is -0.437 e. The predicted octanol–water partition coefficient (Wildman–Crippen LogP) is 9.83. The molecule has 0 aliphatic carbocycles. The van der Waals surface area contributed by atoms with Crippen LogP contribution in [0.2, 0.25) is 19.6 Å². The van der Waals surface area contributed by atoms with Crippen LogP contribution in [0.25, 0.3) is 33.3 Å². The highest BCUT2D eigenvalue weighted by Gasteiger charge is 2.44. The minimum absolute atomic E-state index is 0.256. The molecule has 0 fully saturated rings. The van der Waals surface area contributed by atoms with Gasteiger partial charge >= 0.3 is 0 Å². The Morgan fingerprint density at radius 2 is 1.81 bits per heavy atom. The lowest BCUT2D eigenvalue weighted by Crippen LogP contribution is -2.54. The summed E-state index contributed by atoms with van der Waals surface area (Å²) in [6.07, 6.45) is 10.3. The first-order chi connectivity index (χ1) is 23.0. The molecule has 5 heterocycles. The molecule has 4 nitrogen and oxygen atoms in total. The van der Waals surface area contributed by atoms with Crippen molar-refractivity contribution in [3.8, 4) is 11.3 Å². The quantitative estimate of drug-likeness (QED) is 0.135. The topological polar surface area (TPSA) is 32.9 Å². The maximum Gasteiger partial charge on any atom is 0.227 e. The molecule has 5 heteroatoms. The Hall–Kier alpha value is -4.09. The van der Waals surface area contributed by atoms with Crippen LogP contribution in [0.15, 0.2) is 96.3 Å². The van der Waals surface area contributed by atoms with Crippen molar-refractivity contribution in [1.82, 2.24) is 4.98 Å². The van der Waals surface area contributed by atoms with Crippen LogP contribution >= 0.6 is 0 Å².